The summed E-state index contributed by atoms with van der Waals surface area (Å²) in [7, 11) is 1.87. The molecular weight excluding hydrogens is 224 g/mol. The first kappa shape index (κ1) is 14.6. The van der Waals surface area contributed by atoms with Crippen LogP contribution in [0.25, 0.3) is 0 Å². The molecule has 0 aliphatic carbocycles. The molecule has 0 saturated carbocycles. The van der Waals surface area contributed by atoms with Crippen molar-refractivity contribution in [2.24, 2.45) is 5.41 Å². The summed E-state index contributed by atoms with van der Waals surface area (Å²) in [6.45, 7) is 7.19. The van der Waals surface area contributed by atoms with Crippen LogP contribution < -0.4 is 5.73 Å². The van der Waals surface area contributed by atoms with Gasteiger partial charge in [-0.15, -0.1) is 0 Å². The number of nitrogens with two attached hydrogens (primary N) is 1. The van der Waals surface area contributed by atoms with Crippen molar-refractivity contribution in [3.05, 3.63) is 29.8 Å². The number of nitrogen functional groups attached to an aromatic ring is 1. The summed E-state index contributed by atoms with van der Waals surface area (Å²) in [5, 5.41) is 0. The summed E-state index contributed by atoms with van der Waals surface area (Å²) >= 11 is 0. The Hall–Kier alpha value is -1.51. The first-order chi connectivity index (χ1) is 8.28. The third-order valence-electron chi connectivity index (χ3n) is 2.74. The van der Waals surface area contributed by atoms with Gasteiger partial charge in [0.25, 0.3) is 0 Å². The second kappa shape index (κ2) is 5.89. The van der Waals surface area contributed by atoms with Crippen molar-refractivity contribution in [1.29, 1.82) is 0 Å². The van der Waals surface area contributed by atoms with Gasteiger partial charge in [0.15, 0.2) is 0 Å². The van der Waals surface area contributed by atoms with Gasteiger partial charge in [0, 0.05) is 25.7 Å². The maximum Gasteiger partial charge on any atom is 0.222 e. The minimum Gasteiger partial charge on any atom is -0.399 e. The van der Waals surface area contributed by atoms with Crippen LogP contribution in [-0.2, 0) is 11.2 Å². The molecule has 0 spiro atoms. The number of hydrogen-bond donors (Lipinski definition) is 1. The van der Waals surface area contributed by atoms with Crippen LogP contribution in [-0.4, -0.2) is 24.4 Å². The normalized spacial score (nSPS) is 11.3. The van der Waals surface area contributed by atoms with Crippen LogP contribution in [0.5, 0.6) is 0 Å². The number of aryl methyl sites for hydroxylation is 1. The Balaban J connectivity index is 2.43. The predicted octanol–water partition coefficient (Wildman–Crippen LogP) is 2.71. The highest BCUT2D eigenvalue weighted by Gasteiger charge is 2.17. The molecule has 0 fully saturated rings. The van der Waals surface area contributed by atoms with Crippen LogP contribution in [0.3, 0.4) is 0 Å². The van der Waals surface area contributed by atoms with Gasteiger partial charge < -0.3 is 10.6 Å². The van der Waals surface area contributed by atoms with Crippen molar-refractivity contribution in [3.63, 3.8) is 0 Å². The van der Waals surface area contributed by atoms with E-state index in [0.717, 1.165) is 24.2 Å². The van der Waals surface area contributed by atoms with Crippen LogP contribution in [0.15, 0.2) is 24.3 Å². The van der Waals surface area contributed by atoms with Crippen LogP contribution in [0.4, 0.5) is 5.69 Å². The van der Waals surface area contributed by atoms with Crippen LogP contribution >= 0.6 is 0 Å². The lowest BCUT2D eigenvalue weighted by Crippen LogP contribution is -2.34. The average Bonchev–Trinajstić information content (AvgIpc) is 2.25. The molecule has 18 heavy (non-hydrogen) atoms. The Morgan fingerprint density at radius 1 is 1.22 bits per heavy atom. The lowest BCUT2D eigenvalue weighted by Gasteiger charge is -2.26. The van der Waals surface area contributed by atoms with E-state index >= 15 is 0 Å². The molecule has 0 aliphatic rings. The minimum absolute atomic E-state index is 0.144. The largest absolute Gasteiger partial charge is 0.399 e. The van der Waals surface area contributed by atoms with E-state index in [-0.39, 0.29) is 11.3 Å². The minimum atomic E-state index is 0.144. The third kappa shape index (κ3) is 5.21. The van der Waals surface area contributed by atoms with Gasteiger partial charge in [0.2, 0.25) is 5.91 Å². The van der Waals surface area contributed by atoms with Crippen molar-refractivity contribution >= 4 is 11.6 Å². The molecule has 1 rings (SSSR count). The van der Waals surface area contributed by atoms with Crippen molar-refractivity contribution in [3.8, 4) is 0 Å². The lowest BCUT2D eigenvalue weighted by molar-refractivity contribution is -0.131. The molecule has 3 heteroatoms. The van der Waals surface area contributed by atoms with E-state index in [2.05, 4.69) is 20.8 Å². The number of amides is 1. The van der Waals surface area contributed by atoms with Gasteiger partial charge >= 0.3 is 0 Å². The zero-order valence-corrected chi connectivity index (χ0v) is 11.9. The number of anilines is 1. The molecule has 0 radical (unpaired) electrons. The predicted molar refractivity (Wildman–Crippen MR) is 76.3 cm³/mol. The molecule has 2 N–H and O–H groups in total. The molecule has 1 amide bonds. The first-order valence-electron chi connectivity index (χ1n) is 6.36. The first-order valence-corrected chi connectivity index (χ1v) is 6.36. The van der Waals surface area contributed by atoms with Gasteiger partial charge in [-0.25, -0.2) is 0 Å². The van der Waals surface area contributed by atoms with Crippen molar-refractivity contribution < 1.29 is 4.79 Å². The number of nitrogens with zero attached hydrogens (tertiary/aromatic N) is 1. The fraction of sp³-hybridized carbons (Fsp3) is 0.533. The summed E-state index contributed by atoms with van der Waals surface area (Å²) in [5.41, 5.74) is 7.68. The molecular formula is C15H24N2O. The molecule has 0 aromatic heterocycles. The van der Waals surface area contributed by atoms with Gasteiger partial charge in [-0.3, -0.25) is 4.79 Å². The topological polar surface area (TPSA) is 46.3 Å². The average molecular weight is 248 g/mol. The number of carbonyl (C=O) groups is 1. The Kier molecular flexibility index (Phi) is 4.76. The van der Waals surface area contributed by atoms with E-state index in [1.165, 1.54) is 0 Å². The summed E-state index contributed by atoms with van der Waals surface area (Å²) in [4.78, 5) is 13.8. The molecule has 0 saturated heterocycles. The van der Waals surface area contributed by atoms with Crippen LogP contribution in [0, 0.1) is 5.41 Å². The quantitative estimate of drug-likeness (QED) is 0.833. The number of hydrogen-bond acceptors (Lipinski definition) is 2. The summed E-state index contributed by atoms with van der Waals surface area (Å²) in [6, 6.07) is 7.70. The van der Waals surface area contributed by atoms with Gasteiger partial charge in [-0.05, 0) is 29.5 Å². The number of carbonyl (C=O) groups excluding carboxylic acids is 1. The molecule has 0 atom stereocenters. The zero-order chi connectivity index (χ0) is 13.8. The van der Waals surface area contributed by atoms with Gasteiger partial charge in [0.05, 0.1) is 0 Å². The number of rotatable bonds is 4. The molecule has 1 aromatic carbocycles. The van der Waals surface area contributed by atoms with E-state index in [4.69, 9.17) is 5.73 Å². The lowest BCUT2D eigenvalue weighted by atomic mass is 9.96. The van der Waals surface area contributed by atoms with Gasteiger partial charge in [-0.1, -0.05) is 32.9 Å². The van der Waals surface area contributed by atoms with E-state index < -0.39 is 0 Å². The van der Waals surface area contributed by atoms with E-state index in [1.54, 1.807) is 0 Å². The molecule has 3 nitrogen and oxygen atoms in total. The Bertz CT molecular complexity index is 390. The molecule has 100 valence electrons. The molecule has 0 unspecified atom stereocenters. The fourth-order valence-corrected chi connectivity index (χ4v) is 1.93. The number of benzene rings is 1. The third-order valence-corrected chi connectivity index (χ3v) is 2.74. The van der Waals surface area contributed by atoms with Crippen molar-refractivity contribution in [2.75, 3.05) is 19.3 Å². The summed E-state index contributed by atoms with van der Waals surface area (Å²) < 4.78 is 0. The standard InChI is InChI=1S/C15H24N2O/c1-15(2,3)11-17(4)14(18)10-7-12-5-8-13(16)9-6-12/h5-6,8-9H,7,10-11,16H2,1-4H3. The van der Waals surface area contributed by atoms with Crippen LogP contribution in [0.2, 0.25) is 0 Å². The van der Waals surface area contributed by atoms with E-state index in [0.29, 0.717) is 6.42 Å². The molecule has 0 heterocycles. The van der Waals surface area contributed by atoms with E-state index in [1.807, 2.05) is 36.2 Å². The van der Waals surface area contributed by atoms with Crippen LogP contribution in [0.1, 0.15) is 32.8 Å². The van der Waals surface area contributed by atoms with E-state index in [9.17, 15) is 4.79 Å². The molecule has 1 aromatic rings. The van der Waals surface area contributed by atoms with Crippen molar-refractivity contribution in [1.82, 2.24) is 4.90 Å². The fourth-order valence-electron chi connectivity index (χ4n) is 1.93. The highest BCUT2D eigenvalue weighted by atomic mass is 16.2. The molecule has 0 bridgehead atoms. The van der Waals surface area contributed by atoms with Gasteiger partial charge in [-0.2, -0.15) is 0 Å². The second-order valence-corrected chi connectivity index (χ2v) is 6.05. The monoisotopic (exact) mass is 248 g/mol. The van der Waals surface area contributed by atoms with Gasteiger partial charge in [0.1, 0.15) is 0 Å². The second-order valence-electron chi connectivity index (χ2n) is 6.05. The maximum atomic E-state index is 12.0. The smallest absolute Gasteiger partial charge is 0.222 e. The SMILES string of the molecule is CN(CC(C)(C)C)C(=O)CCc1ccc(N)cc1. The Morgan fingerprint density at radius 3 is 2.28 bits per heavy atom. The highest BCUT2D eigenvalue weighted by Crippen LogP contribution is 2.15. The maximum absolute atomic E-state index is 12.0. The summed E-state index contributed by atoms with van der Waals surface area (Å²) in [6.07, 6.45) is 1.32. The highest BCUT2D eigenvalue weighted by molar-refractivity contribution is 5.76. The molecule has 0 aliphatic heterocycles. The van der Waals surface area contributed by atoms with Crippen molar-refractivity contribution in [2.45, 2.75) is 33.6 Å². The Morgan fingerprint density at radius 2 is 1.78 bits per heavy atom. The Labute approximate surface area is 110 Å². The zero-order valence-electron chi connectivity index (χ0n) is 11.9. The summed E-state index contributed by atoms with van der Waals surface area (Å²) in [5.74, 6) is 0.196.